The van der Waals surface area contributed by atoms with Gasteiger partial charge in [0.25, 0.3) is 5.69 Å². The Morgan fingerprint density at radius 3 is 2.64 bits per heavy atom. The summed E-state index contributed by atoms with van der Waals surface area (Å²) >= 11 is 0. The maximum Gasteiger partial charge on any atom is 0.346 e. The molecule has 1 aromatic rings. The van der Waals surface area contributed by atoms with Crippen LogP contribution in [0.4, 0.5) is 11.4 Å². The minimum Gasteiger partial charge on any atom is -0.466 e. The normalized spacial score (nSPS) is 14.8. The zero-order valence-electron chi connectivity index (χ0n) is 12.2. The molecule has 8 nitrogen and oxygen atoms in total. The standard InChI is InChI=1S/C14H16N2O6/c1-8(13(17)21-2)22-14(18)9-3-6-11(15-10-4-5-10)12(7-9)16(19)20/h3,6-8,10,15H,4-5H2,1-2H3. The molecule has 1 fully saturated rings. The molecule has 8 heteroatoms. The van der Waals surface area contributed by atoms with Crippen LogP contribution in [0, 0.1) is 10.1 Å². The fraction of sp³-hybridized carbons (Fsp3) is 0.429. The summed E-state index contributed by atoms with van der Waals surface area (Å²) in [7, 11) is 1.18. The Balaban J connectivity index is 2.16. The summed E-state index contributed by atoms with van der Waals surface area (Å²) in [4.78, 5) is 33.7. The monoisotopic (exact) mass is 308 g/mol. The molecular formula is C14H16N2O6. The number of nitro benzene ring substituents is 1. The molecule has 1 saturated carbocycles. The van der Waals surface area contributed by atoms with Crippen LogP contribution in [0.1, 0.15) is 30.1 Å². The van der Waals surface area contributed by atoms with E-state index in [2.05, 4.69) is 10.1 Å². The van der Waals surface area contributed by atoms with Crippen LogP contribution in [-0.2, 0) is 14.3 Å². The van der Waals surface area contributed by atoms with E-state index in [0.29, 0.717) is 5.69 Å². The van der Waals surface area contributed by atoms with Crippen LogP contribution < -0.4 is 5.32 Å². The second kappa shape index (κ2) is 6.42. The average Bonchev–Trinajstić information content (AvgIpc) is 3.30. The van der Waals surface area contributed by atoms with Gasteiger partial charge in [0, 0.05) is 12.1 Å². The molecule has 1 aliphatic carbocycles. The molecule has 0 heterocycles. The Labute approximate surface area is 126 Å². The summed E-state index contributed by atoms with van der Waals surface area (Å²) in [6.07, 6.45) is 0.857. The van der Waals surface area contributed by atoms with E-state index in [1.807, 2.05) is 0 Å². The maximum absolute atomic E-state index is 11.9. The van der Waals surface area contributed by atoms with Crippen molar-refractivity contribution < 1.29 is 24.0 Å². The predicted molar refractivity (Wildman–Crippen MR) is 76.6 cm³/mol. The number of nitro groups is 1. The van der Waals surface area contributed by atoms with Crippen molar-refractivity contribution >= 4 is 23.3 Å². The lowest BCUT2D eigenvalue weighted by Crippen LogP contribution is -2.25. The first-order valence-electron chi connectivity index (χ1n) is 6.76. The molecule has 1 aliphatic rings. The van der Waals surface area contributed by atoms with Crippen molar-refractivity contribution in [2.75, 3.05) is 12.4 Å². The van der Waals surface area contributed by atoms with Crippen molar-refractivity contribution in [3.8, 4) is 0 Å². The van der Waals surface area contributed by atoms with Crippen molar-refractivity contribution in [2.24, 2.45) is 0 Å². The van der Waals surface area contributed by atoms with Gasteiger partial charge in [0.1, 0.15) is 5.69 Å². The SMILES string of the molecule is COC(=O)C(C)OC(=O)c1ccc(NC2CC2)c([N+](=O)[O-])c1. The van der Waals surface area contributed by atoms with Crippen LogP contribution in [0.3, 0.4) is 0 Å². The molecule has 0 radical (unpaired) electrons. The highest BCUT2D eigenvalue weighted by molar-refractivity contribution is 5.93. The van der Waals surface area contributed by atoms with Crippen LogP contribution in [0.15, 0.2) is 18.2 Å². The molecule has 0 aromatic heterocycles. The van der Waals surface area contributed by atoms with Gasteiger partial charge in [-0.15, -0.1) is 0 Å². The summed E-state index contributed by atoms with van der Waals surface area (Å²) < 4.78 is 9.35. The second-order valence-corrected chi connectivity index (χ2v) is 4.98. The topological polar surface area (TPSA) is 108 Å². The Morgan fingerprint density at radius 2 is 2.09 bits per heavy atom. The lowest BCUT2D eigenvalue weighted by atomic mass is 10.1. The molecule has 1 aromatic carbocycles. The zero-order valence-corrected chi connectivity index (χ0v) is 12.2. The van der Waals surface area contributed by atoms with E-state index in [0.717, 1.165) is 18.9 Å². The molecule has 2 rings (SSSR count). The van der Waals surface area contributed by atoms with E-state index < -0.39 is 23.0 Å². The molecular weight excluding hydrogens is 292 g/mol. The molecule has 1 N–H and O–H groups in total. The van der Waals surface area contributed by atoms with Crippen LogP contribution >= 0.6 is 0 Å². The van der Waals surface area contributed by atoms with Crippen molar-refractivity contribution in [1.82, 2.24) is 0 Å². The minimum atomic E-state index is -1.08. The lowest BCUT2D eigenvalue weighted by Gasteiger charge is -2.11. The third-order valence-corrected chi connectivity index (χ3v) is 3.18. The molecule has 1 atom stereocenters. The zero-order chi connectivity index (χ0) is 16.3. The number of methoxy groups -OCH3 is 1. The average molecular weight is 308 g/mol. The van der Waals surface area contributed by atoms with E-state index in [1.165, 1.54) is 26.2 Å². The molecule has 0 spiro atoms. The fourth-order valence-electron chi connectivity index (χ4n) is 1.82. The number of anilines is 1. The van der Waals surface area contributed by atoms with E-state index in [4.69, 9.17) is 4.74 Å². The van der Waals surface area contributed by atoms with Crippen LogP contribution in [-0.4, -0.2) is 36.1 Å². The Kier molecular flexibility index (Phi) is 4.59. The highest BCUT2D eigenvalue weighted by atomic mass is 16.6. The van der Waals surface area contributed by atoms with Gasteiger partial charge in [0.15, 0.2) is 6.10 Å². The number of rotatable bonds is 6. The minimum absolute atomic E-state index is 0.00352. The number of carbonyl (C=O) groups is 2. The van der Waals surface area contributed by atoms with E-state index in [1.54, 1.807) is 0 Å². The Bertz CT molecular complexity index is 611. The Hall–Kier alpha value is -2.64. The van der Waals surface area contributed by atoms with Gasteiger partial charge >= 0.3 is 11.9 Å². The number of esters is 2. The highest BCUT2D eigenvalue weighted by Crippen LogP contribution is 2.31. The summed E-state index contributed by atoms with van der Waals surface area (Å²) in [6.45, 7) is 1.36. The van der Waals surface area contributed by atoms with Gasteiger partial charge in [-0.3, -0.25) is 10.1 Å². The number of hydrogen-bond donors (Lipinski definition) is 1. The summed E-state index contributed by atoms with van der Waals surface area (Å²) in [5.74, 6) is -1.52. The lowest BCUT2D eigenvalue weighted by molar-refractivity contribution is -0.384. The summed E-state index contributed by atoms with van der Waals surface area (Å²) in [6, 6.07) is 4.27. The molecule has 22 heavy (non-hydrogen) atoms. The predicted octanol–water partition coefficient (Wildman–Crippen LogP) is 1.89. The van der Waals surface area contributed by atoms with Crippen LogP contribution in [0.25, 0.3) is 0 Å². The first-order valence-corrected chi connectivity index (χ1v) is 6.76. The molecule has 0 bridgehead atoms. The second-order valence-electron chi connectivity index (χ2n) is 4.98. The van der Waals surface area contributed by atoms with Crippen molar-refractivity contribution in [1.29, 1.82) is 0 Å². The molecule has 0 saturated heterocycles. The van der Waals surface area contributed by atoms with Gasteiger partial charge in [0.05, 0.1) is 17.6 Å². The van der Waals surface area contributed by atoms with Gasteiger partial charge in [-0.2, -0.15) is 0 Å². The molecule has 0 amide bonds. The van der Waals surface area contributed by atoms with E-state index in [-0.39, 0.29) is 17.3 Å². The molecule has 1 unspecified atom stereocenters. The number of hydrogen-bond acceptors (Lipinski definition) is 7. The first kappa shape index (κ1) is 15.7. The number of ether oxygens (including phenoxy) is 2. The molecule has 0 aliphatic heterocycles. The maximum atomic E-state index is 11.9. The van der Waals surface area contributed by atoms with Gasteiger partial charge < -0.3 is 14.8 Å². The number of nitrogens with one attached hydrogen (secondary N) is 1. The number of nitrogens with zero attached hydrogens (tertiary/aromatic N) is 1. The van der Waals surface area contributed by atoms with Gasteiger partial charge in [-0.25, -0.2) is 9.59 Å². The van der Waals surface area contributed by atoms with E-state index in [9.17, 15) is 19.7 Å². The highest BCUT2D eigenvalue weighted by Gasteiger charge is 2.26. The van der Waals surface area contributed by atoms with E-state index >= 15 is 0 Å². The summed E-state index contributed by atoms with van der Waals surface area (Å²) in [5, 5.41) is 14.1. The van der Waals surface area contributed by atoms with Crippen molar-refractivity contribution in [3.63, 3.8) is 0 Å². The largest absolute Gasteiger partial charge is 0.466 e. The van der Waals surface area contributed by atoms with Crippen LogP contribution in [0.5, 0.6) is 0 Å². The quantitative estimate of drug-likeness (QED) is 0.485. The van der Waals surface area contributed by atoms with Crippen LogP contribution in [0.2, 0.25) is 0 Å². The smallest absolute Gasteiger partial charge is 0.346 e. The third kappa shape index (κ3) is 3.72. The summed E-state index contributed by atoms with van der Waals surface area (Å²) in [5.41, 5.74) is 0.168. The Morgan fingerprint density at radius 1 is 1.41 bits per heavy atom. The first-order chi connectivity index (χ1) is 10.4. The number of carbonyl (C=O) groups excluding carboxylic acids is 2. The molecule has 118 valence electrons. The van der Waals surface area contributed by atoms with Gasteiger partial charge in [-0.1, -0.05) is 0 Å². The number of benzene rings is 1. The van der Waals surface area contributed by atoms with Gasteiger partial charge in [0.2, 0.25) is 0 Å². The van der Waals surface area contributed by atoms with Crippen molar-refractivity contribution in [2.45, 2.75) is 31.9 Å². The van der Waals surface area contributed by atoms with Gasteiger partial charge in [-0.05, 0) is 31.9 Å². The fourth-order valence-corrected chi connectivity index (χ4v) is 1.82. The third-order valence-electron chi connectivity index (χ3n) is 3.18. The van der Waals surface area contributed by atoms with Crippen molar-refractivity contribution in [3.05, 3.63) is 33.9 Å².